The third kappa shape index (κ3) is 5.43. The Labute approximate surface area is 172 Å². The zero-order chi connectivity index (χ0) is 20.6. The lowest BCUT2D eigenvalue weighted by Crippen LogP contribution is -2.46. The number of hydrogen-bond acceptors (Lipinski definition) is 4. The average Bonchev–Trinajstić information content (AvgIpc) is 3.24. The summed E-state index contributed by atoms with van der Waals surface area (Å²) in [5.74, 6) is -0.0954. The van der Waals surface area contributed by atoms with Crippen LogP contribution >= 0.6 is 0 Å². The molecular formula is C22H31N5O2. The fourth-order valence-corrected chi connectivity index (χ4v) is 3.91. The highest BCUT2D eigenvalue weighted by atomic mass is 16.2. The molecule has 1 aromatic carbocycles. The van der Waals surface area contributed by atoms with Crippen LogP contribution in [-0.4, -0.2) is 62.8 Å². The standard InChI is InChI=1S/C22H31N5O2/c1-3-25(4-2)21(28)19-13-9-14-26(16-19)22(29)20-17-27(24-23-20)15-8-12-18-10-6-5-7-11-18/h5-7,10-11,17,19H,3-4,8-9,12-16H2,1-2H3/t19-/m1/s1. The Morgan fingerprint density at radius 2 is 1.93 bits per heavy atom. The molecule has 2 amide bonds. The van der Waals surface area contributed by atoms with Gasteiger partial charge in [-0.05, 0) is 45.1 Å². The molecule has 1 aliphatic rings. The Hall–Kier alpha value is -2.70. The van der Waals surface area contributed by atoms with E-state index < -0.39 is 0 Å². The van der Waals surface area contributed by atoms with Crippen LogP contribution < -0.4 is 0 Å². The van der Waals surface area contributed by atoms with Gasteiger partial charge in [0.05, 0.1) is 12.1 Å². The van der Waals surface area contributed by atoms with E-state index in [1.54, 1.807) is 15.8 Å². The molecule has 7 nitrogen and oxygen atoms in total. The largest absolute Gasteiger partial charge is 0.343 e. The summed E-state index contributed by atoms with van der Waals surface area (Å²) in [4.78, 5) is 29.1. The molecule has 0 N–H and O–H groups in total. The van der Waals surface area contributed by atoms with Gasteiger partial charge in [-0.1, -0.05) is 35.5 Å². The van der Waals surface area contributed by atoms with Crippen LogP contribution in [0.3, 0.4) is 0 Å². The number of carbonyl (C=O) groups excluding carboxylic acids is 2. The Morgan fingerprint density at radius 1 is 1.17 bits per heavy atom. The van der Waals surface area contributed by atoms with Gasteiger partial charge in [-0.25, -0.2) is 0 Å². The molecule has 7 heteroatoms. The highest BCUT2D eigenvalue weighted by Crippen LogP contribution is 2.20. The van der Waals surface area contributed by atoms with Crippen LogP contribution in [0.5, 0.6) is 0 Å². The van der Waals surface area contributed by atoms with Crippen LogP contribution in [0, 0.1) is 5.92 Å². The van der Waals surface area contributed by atoms with Crippen molar-refractivity contribution in [1.29, 1.82) is 0 Å². The van der Waals surface area contributed by atoms with E-state index in [1.807, 2.05) is 36.9 Å². The smallest absolute Gasteiger partial charge is 0.276 e. The third-order valence-corrected chi connectivity index (χ3v) is 5.59. The number of aromatic nitrogens is 3. The number of piperidine rings is 1. The van der Waals surface area contributed by atoms with E-state index in [-0.39, 0.29) is 17.7 Å². The fraction of sp³-hybridized carbons (Fsp3) is 0.545. The topological polar surface area (TPSA) is 71.3 Å². The molecule has 0 radical (unpaired) electrons. The summed E-state index contributed by atoms with van der Waals surface area (Å²) in [7, 11) is 0. The third-order valence-electron chi connectivity index (χ3n) is 5.59. The van der Waals surface area contributed by atoms with Crippen LogP contribution in [0.25, 0.3) is 0 Å². The van der Waals surface area contributed by atoms with Crippen molar-refractivity contribution in [2.75, 3.05) is 26.2 Å². The molecule has 1 aromatic heterocycles. The zero-order valence-electron chi connectivity index (χ0n) is 17.5. The summed E-state index contributed by atoms with van der Waals surface area (Å²) in [5.41, 5.74) is 1.65. The van der Waals surface area contributed by atoms with Crippen molar-refractivity contribution in [3.8, 4) is 0 Å². The summed E-state index contributed by atoms with van der Waals surface area (Å²) in [5, 5.41) is 8.20. The summed E-state index contributed by atoms with van der Waals surface area (Å²) in [6.07, 6.45) is 5.31. The number of carbonyl (C=O) groups is 2. The van der Waals surface area contributed by atoms with Crippen molar-refractivity contribution in [2.24, 2.45) is 5.92 Å². The molecule has 1 fully saturated rings. The maximum atomic E-state index is 12.9. The van der Waals surface area contributed by atoms with E-state index in [0.29, 0.717) is 31.9 Å². The van der Waals surface area contributed by atoms with E-state index >= 15 is 0 Å². The number of nitrogens with zero attached hydrogens (tertiary/aromatic N) is 5. The zero-order valence-corrected chi connectivity index (χ0v) is 17.5. The Balaban J connectivity index is 1.54. The summed E-state index contributed by atoms with van der Waals surface area (Å²) < 4.78 is 1.73. The molecule has 0 saturated carbocycles. The van der Waals surface area contributed by atoms with Gasteiger partial charge in [-0.2, -0.15) is 0 Å². The predicted octanol–water partition coefficient (Wildman–Crippen LogP) is 2.63. The van der Waals surface area contributed by atoms with E-state index in [4.69, 9.17) is 0 Å². The first kappa shape index (κ1) is 21.0. The minimum Gasteiger partial charge on any atom is -0.343 e. The van der Waals surface area contributed by atoms with Crippen molar-refractivity contribution >= 4 is 11.8 Å². The lowest BCUT2D eigenvalue weighted by atomic mass is 9.96. The first-order valence-corrected chi connectivity index (χ1v) is 10.6. The van der Waals surface area contributed by atoms with Gasteiger partial charge in [0.15, 0.2) is 5.69 Å². The van der Waals surface area contributed by atoms with E-state index in [1.165, 1.54) is 5.56 Å². The molecule has 0 spiro atoms. The van der Waals surface area contributed by atoms with Crippen molar-refractivity contribution in [3.05, 3.63) is 47.8 Å². The number of aryl methyl sites for hydroxylation is 2. The van der Waals surface area contributed by atoms with Crippen molar-refractivity contribution < 1.29 is 9.59 Å². The molecule has 1 aliphatic heterocycles. The molecule has 1 atom stereocenters. The molecule has 2 aromatic rings. The number of benzene rings is 1. The predicted molar refractivity (Wildman–Crippen MR) is 111 cm³/mol. The van der Waals surface area contributed by atoms with Gasteiger partial charge in [-0.15, -0.1) is 5.10 Å². The highest BCUT2D eigenvalue weighted by Gasteiger charge is 2.31. The maximum Gasteiger partial charge on any atom is 0.276 e. The minimum absolute atomic E-state index is 0.117. The molecule has 156 valence electrons. The van der Waals surface area contributed by atoms with E-state index in [2.05, 4.69) is 22.4 Å². The number of rotatable bonds is 8. The van der Waals surface area contributed by atoms with E-state index in [9.17, 15) is 9.59 Å². The minimum atomic E-state index is -0.128. The Bertz CT molecular complexity index is 801. The summed E-state index contributed by atoms with van der Waals surface area (Å²) in [6, 6.07) is 10.3. The van der Waals surface area contributed by atoms with Crippen LogP contribution in [0.4, 0.5) is 0 Å². The van der Waals surface area contributed by atoms with Crippen LogP contribution in [0.1, 0.15) is 49.2 Å². The number of hydrogen-bond donors (Lipinski definition) is 0. The molecule has 1 saturated heterocycles. The first-order valence-electron chi connectivity index (χ1n) is 10.6. The molecule has 0 bridgehead atoms. The lowest BCUT2D eigenvalue weighted by molar-refractivity contribution is -0.136. The molecule has 29 heavy (non-hydrogen) atoms. The maximum absolute atomic E-state index is 12.9. The quantitative estimate of drug-likeness (QED) is 0.687. The normalized spacial score (nSPS) is 16.6. The monoisotopic (exact) mass is 397 g/mol. The van der Waals surface area contributed by atoms with Gasteiger partial charge >= 0.3 is 0 Å². The van der Waals surface area contributed by atoms with Gasteiger partial charge in [0.1, 0.15) is 0 Å². The van der Waals surface area contributed by atoms with Crippen molar-refractivity contribution in [3.63, 3.8) is 0 Å². The van der Waals surface area contributed by atoms with Gasteiger partial charge in [-0.3, -0.25) is 14.3 Å². The Morgan fingerprint density at radius 3 is 2.66 bits per heavy atom. The molecule has 2 heterocycles. The second-order valence-electron chi connectivity index (χ2n) is 7.56. The molecule has 3 rings (SSSR count). The lowest BCUT2D eigenvalue weighted by Gasteiger charge is -2.34. The van der Waals surface area contributed by atoms with Gasteiger partial charge in [0.2, 0.25) is 5.91 Å². The second kappa shape index (κ2) is 10.2. The van der Waals surface area contributed by atoms with Crippen molar-refractivity contribution in [1.82, 2.24) is 24.8 Å². The van der Waals surface area contributed by atoms with Crippen LogP contribution in [-0.2, 0) is 17.8 Å². The van der Waals surface area contributed by atoms with Crippen molar-refractivity contribution in [2.45, 2.75) is 46.1 Å². The number of likely N-dealkylation sites (tertiary alicyclic amines) is 1. The average molecular weight is 398 g/mol. The van der Waals surface area contributed by atoms with Crippen LogP contribution in [0.2, 0.25) is 0 Å². The molecule has 0 aliphatic carbocycles. The molecule has 0 unspecified atom stereocenters. The summed E-state index contributed by atoms with van der Waals surface area (Å²) in [6.45, 7) is 7.25. The van der Waals surface area contributed by atoms with Gasteiger partial charge in [0, 0.05) is 32.7 Å². The molecular weight excluding hydrogens is 366 g/mol. The highest BCUT2D eigenvalue weighted by molar-refractivity contribution is 5.92. The van der Waals surface area contributed by atoms with Gasteiger partial charge in [0.25, 0.3) is 5.91 Å². The SMILES string of the molecule is CCN(CC)C(=O)[C@@H]1CCCN(C(=O)c2cn(CCCc3ccccc3)nn2)C1. The number of amides is 2. The second-order valence-corrected chi connectivity index (χ2v) is 7.56. The fourth-order valence-electron chi connectivity index (χ4n) is 3.91. The Kier molecular flexibility index (Phi) is 7.38. The van der Waals surface area contributed by atoms with Crippen LogP contribution in [0.15, 0.2) is 36.5 Å². The summed E-state index contributed by atoms with van der Waals surface area (Å²) >= 11 is 0. The van der Waals surface area contributed by atoms with Gasteiger partial charge < -0.3 is 9.80 Å². The first-order chi connectivity index (χ1) is 14.1. The van der Waals surface area contributed by atoms with E-state index in [0.717, 1.165) is 32.2 Å².